The molecule has 20 heavy (non-hydrogen) atoms. The Kier molecular flexibility index (Phi) is 8.14. The minimum absolute atomic E-state index is 0.592. The minimum atomic E-state index is 0.592. The molecule has 0 fully saturated rings. The number of para-hydroxylation sites is 1. The third kappa shape index (κ3) is 6.30. The molecule has 0 aliphatic carbocycles. The molecular formula is C15H26N4S. The van der Waals surface area contributed by atoms with Crippen LogP contribution in [0.2, 0.25) is 0 Å². The van der Waals surface area contributed by atoms with Crippen LogP contribution in [0.5, 0.6) is 0 Å². The van der Waals surface area contributed by atoms with Crippen LogP contribution in [0.3, 0.4) is 0 Å². The third-order valence-electron chi connectivity index (χ3n) is 2.77. The maximum absolute atomic E-state index is 5.55. The Morgan fingerprint density at radius 2 is 2.10 bits per heavy atom. The number of hydrogen-bond donors (Lipinski definition) is 3. The smallest absolute Gasteiger partial charge is 0.195 e. The Labute approximate surface area is 126 Å². The summed E-state index contributed by atoms with van der Waals surface area (Å²) in [5, 5.41) is 6.62. The van der Waals surface area contributed by atoms with E-state index in [2.05, 4.69) is 47.9 Å². The number of rotatable bonds is 7. The van der Waals surface area contributed by atoms with Gasteiger partial charge in [0.25, 0.3) is 0 Å². The average molecular weight is 294 g/mol. The molecule has 112 valence electrons. The maximum Gasteiger partial charge on any atom is 0.195 e. The molecule has 4 N–H and O–H groups in total. The molecule has 0 spiro atoms. The highest BCUT2D eigenvalue weighted by Crippen LogP contribution is 2.24. The first-order valence-electron chi connectivity index (χ1n) is 7.05. The summed E-state index contributed by atoms with van der Waals surface area (Å²) in [4.78, 5) is 5.81. The van der Waals surface area contributed by atoms with Crippen LogP contribution in [-0.4, -0.2) is 31.8 Å². The van der Waals surface area contributed by atoms with Crippen LogP contribution < -0.4 is 16.4 Å². The molecule has 0 unspecified atom stereocenters. The highest BCUT2D eigenvalue weighted by atomic mass is 32.2. The van der Waals surface area contributed by atoms with Gasteiger partial charge in [0, 0.05) is 24.5 Å². The number of nitrogens with one attached hydrogen (secondary N) is 2. The maximum atomic E-state index is 5.55. The van der Waals surface area contributed by atoms with E-state index < -0.39 is 0 Å². The van der Waals surface area contributed by atoms with E-state index in [9.17, 15) is 0 Å². The third-order valence-corrected chi connectivity index (χ3v) is 3.57. The lowest BCUT2D eigenvalue weighted by molar-refractivity contribution is 0.596. The molecule has 0 bridgehead atoms. The molecule has 0 amide bonds. The van der Waals surface area contributed by atoms with Crippen molar-refractivity contribution in [1.82, 2.24) is 5.32 Å². The number of anilines is 1. The van der Waals surface area contributed by atoms with E-state index in [1.807, 2.05) is 12.1 Å². The number of hydrogen-bond acceptors (Lipinski definition) is 3. The molecule has 1 rings (SSSR count). The average Bonchev–Trinajstić information content (AvgIpc) is 2.44. The summed E-state index contributed by atoms with van der Waals surface area (Å²) in [7, 11) is 0. The van der Waals surface area contributed by atoms with E-state index >= 15 is 0 Å². The number of nitrogens with two attached hydrogens (primary N) is 1. The zero-order chi connectivity index (χ0) is 14.8. The Morgan fingerprint density at radius 3 is 2.75 bits per heavy atom. The summed E-state index contributed by atoms with van der Waals surface area (Å²) in [6.45, 7) is 6.54. The Bertz CT molecular complexity index is 418. The lowest BCUT2D eigenvalue weighted by Crippen LogP contribution is -2.35. The van der Waals surface area contributed by atoms with Gasteiger partial charge in [0.2, 0.25) is 0 Å². The van der Waals surface area contributed by atoms with Gasteiger partial charge in [-0.15, -0.1) is 11.8 Å². The van der Waals surface area contributed by atoms with Crippen LogP contribution in [0.25, 0.3) is 0 Å². The number of guanidine groups is 1. The normalized spacial score (nSPS) is 11.8. The van der Waals surface area contributed by atoms with Crippen LogP contribution in [0, 0.1) is 5.92 Å². The number of benzene rings is 1. The lowest BCUT2D eigenvalue weighted by Gasteiger charge is -2.14. The molecule has 4 nitrogen and oxygen atoms in total. The van der Waals surface area contributed by atoms with Gasteiger partial charge in [-0.05, 0) is 30.7 Å². The van der Waals surface area contributed by atoms with Gasteiger partial charge in [-0.1, -0.05) is 26.0 Å². The van der Waals surface area contributed by atoms with Gasteiger partial charge in [0.05, 0.1) is 5.69 Å². The Balaban J connectivity index is 2.72. The van der Waals surface area contributed by atoms with E-state index in [1.54, 1.807) is 11.8 Å². The molecule has 1 aromatic rings. The van der Waals surface area contributed by atoms with Crippen LogP contribution in [0.4, 0.5) is 5.69 Å². The van der Waals surface area contributed by atoms with Crippen molar-refractivity contribution in [3.8, 4) is 0 Å². The topological polar surface area (TPSA) is 62.4 Å². The SMILES string of the molecule is CSc1ccccc1NC(=NCCC(C)C)NCCN. The standard InChI is InChI=1S/C15H26N4S/c1-12(2)8-10-17-15(18-11-9-16)19-13-6-4-5-7-14(13)20-3/h4-7,12H,8-11,16H2,1-3H3,(H2,17,18,19). The van der Waals surface area contributed by atoms with Crippen molar-refractivity contribution in [3.05, 3.63) is 24.3 Å². The van der Waals surface area contributed by atoms with Crippen molar-refractivity contribution in [2.45, 2.75) is 25.2 Å². The first kappa shape index (κ1) is 16.9. The fourth-order valence-corrected chi connectivity index (χ4v) is 2.19. The molecular weight excluding hydrogens is 268 g/mol. The number of nitrogens with zero attached hydrogens (tertiary/aromatic N) is 1. The molecule has 1 aromatic carbocycles. The number of aliphatic imine (C=N–C) groups is 1. The first-order chi connectivity index (χ1) is 9.67. The Hall–Kier alpha value is -1.20. The summed E-state index contributed by atoms with van der Waals surface area (Å²) in [6, 6.07) is 8.23. The van der Waals surface area contributed by atoms with Crippen molar-refractivity contribution >= 4 is 23.4 Å². The number of thioether (sulfide) groups is 1. The van der Waals surface area contributed by atoms with Crippen LogP contribution in [-0.2, 0) is 0 Å². The summed E-state index contributed by atoms with van der Waals surface area (Å²) < 4.78 is 0. The van der Waals surface area contributed by atoms with Crippen molar-refractivity contribution < 1.29 is 0 Å². The molecule has 0 aliphatic rings. The van der Waals surface area contributed by atoms with Crippen molar-refractivity contribution in [2.24, 2.45) is 16.6 Å². The molecule has 0 atom stereocenters. The van der Waals surface area contributed by atoms with Gasteiger partial charge in [-0.2, -0.15) is 0 Å². The van der Waals surface area contributed by atoms with Gasteiger partial charge in [-0.3, -0.25) is 4.99 Å². The zero-order valence-electron chi connectivity index (χ0n) is 12.6. The predicted molar refractivity (Wildman–Crippen MR) is 90.7 cm³/mol. The summed E-state index contributed by atoms with van der Waals surface area (Å²) >= 11 is 1.72. The van der Waals surface area contributed by atoms with Crippen LogP contribution in [0.1, 0.15) is 20.3 Å². The largest absolute Gasteiger partial charge is 0.355 e. The summed E-state index contributed by atoms with van der Waals surface area (Å²) in [5.41, 5.74) is 6.63. The zero-order valence-corrected chi connectivity index (χ0v) is 13.5. The van der Waals surface area contributed by atoms with Crippen molar-refractivity contribution in [3.63, 3.8) is 0 Å². The molecule has 0 saturated carbocycles. The van der Waals surface area contributed by atoms with E-state index in [-0.39, 0.29) is 0 Å². The van der Waals surface area contributed by atoms with E-state index in [0.717, 1.165) is 31.2 Å². The van der Waals surface area contributed by atoms with E-state index in [1.165, 1.54) is 4.90 Å². The molecule has 0 radical (unpaired) electrons. The highest BCUT2D eigenvalue weighted by molar-refractivity contribution is 7.98. The molecule has 5 heteroatoms. The lowest BCUT2D eigenvalue weighted by atomic mass is 10.1. The van der Waals surface area contributed by atoms with E-state index in [4.69, 9.17) is 5.73 Å². The minimum Gasteiger partial charge on any atom is -0.355 e. The quantitative estimate of drug-likeness (QED) is 0.411. The highest BCUT2D eigenvalue weighted by Gasteiger charge is 2.04. The molecule has 0 saturated heterocycles. The van der Waals surface area contributed by atoms with Crippen LogP contribution >= 0.6 is 11.8 Å². The van der Waals surface area contributed by atoms with Gasteiger partial charge in [0.15, 0.2) is 5.96 Å². The van der Waals surface area contributed by atoms with Gasteiger partial charge >= 0.3 is 0 Å². The van der Waals surface area contributed by atoms with Crippen molar-refractivity contribution in [1.29, 1.82) is 0 Å². The van der Waals surface area contributed by atoms with Crippen molar-refractivity contribution in [2.75, 3.05) is 31.2 Å². The Morgan fingerprint density at radius 1 is 1.35 bits per heavy atom. The molecule has 0 aliphatic heterocycles. The van der Waals surface area contributed by atoms with Crippen LogP contribution in [0.15, 0.2) is 34.2 Å². The second-order valence-corrected chi connectivity index (χ2v) is 5.80. The predicted octanol–water partition coefficient (Wildman–Crippen LogP) is 2.77. The summed E-state index contributed by atoms with van der Waals surface area (Å²) in [6.07, 6.45) is 3.16. The second-order valence-electron chi connectivity index (χ2n) is 4.95. The first-order valence-corrected chi connectivity index (χ1v) is 8.28. The molecule has 0 heterocycles. The fourth-order valence-electron chi connectivity index (χ4n) is 1.64. The fraction of sp³-hybridized carbons (Fsp3) is 0.533. The monoisotopic (exact) mass is 294 g/mol. The van der Waals surface area contributed by atoms with Gasteiger partial charge < -0.3 is 16.4 Å². The second kappa shape index (κ2) is 9.66. The molecule has 0 aromatic heterocycles. The van der Waals surface area contributed by atoms with Gasteiger partial charge in [0.1, 0.15) is 0 Å². The van der Waals surface area contributed by atoms with E-state index in [0.29, 0.717) is 12.5 Å². The van der Waals surface area contributed by atoms with Gasteiger partial charge in [-0.25, -0.2) is 0 Å². The summed E-state index contributed by atoms with van der Waals surface area (Å²) in [5.74, 6) is 1.46.